The van der Waals surface area contributed by atoms with E-state index in [1.165, 1.54) is 17.5 Å². The van der Waals surface area contributed by atoms with Crippen molar-refractivity contribution in [3.8, 4) is 0 Å². The second-order valence-corrected chi connectivity index (χ2v) is 10.7. The fourth-order valence-electron chi connectivity index (χ4n) is 2.55. The van der Waals surface area contributed by atoms with Gasteiger partial charge in [-0.15, -0.1) is 0 Å². The molecule has 0 amide bonds. The van der Waals surface area contributed by atoms with E-state index in [2.05, 4.69) is 10.7 Å². The van der Waals surface area contributed by atoms with Gasteiger partial charge >= 0.3 is 0 Å². The van der Waals surface area contributed by atoms with E-state index >= 15 is 0 Å². The predicted molar refractivity (Wildman–Crippen MR) is 112 cm³/mol. The van der Waals surface area contributed by atoms with Crippen molar-refractivity contribution < 1.29 is 12.6 Å². The molecule has 0 spiro atoms. The molecule has 2 rings (SSSR count). The standard InChI is InChI=1S/C21H27NO3S2/c1-5-6-7-19(4)16-26(23,20-12-8-17(2)9-13-20)22-27(24,25)21-14-10-18(3)11-15-21/h8-16H,5-7H2,1-4H3/b19-16+/t26-/m0/s1. The summed E-state index contributed by atoms with van der Waals surface area (Å²) in [6, 6.07) is 13.4. The number of sulfonamides is 1. The van der Waals surface area contributed by atoms with Crippen LogP contribution in [0.1, 0.15) is 44.2 Å². The third kappa shape index (κ3) is 5.78. The summed E-state index contributed by atoms with van der Waals surface area (Å²) in [6.45, 7) is 7.76. The Bertz CT molecular complexity index is 1030. The molecular weight excluding hydrogens is 378 g/mol. The second-order valence-electron chi connectivity index (χ2n) is 6.81. The highest BCUT2D eigenvalue weighted by Crippen LogP contribution is 2.24. The molecule has 0 heterocycles. The summed E-state index contributed by atoms with van der Waals surface area (Å²) in [5.74, 6) is 0. The van der Waals surface area contributed by atoms with Crippen molar-refractivity contribution in [1.29, 1.82) is 0 Å². The fraction of sp³-hybridized carbons (Fsp3) is 0.333. The topological polar surface area (TPSA) is 63.6 Å². The summed E-state index contributed by atoms with van der Waals surface area (Å²) in [4.78, 5) is 0.451. The highest BCUT2D eigenvalue weighted by atomic mass is 32.3. The lowest BCUT2D eigenvalue weighted by atomic mass is 10.2. The minimum absolute atomic E-state index is 0.0487. The number of aryl methyl sites for hydroxylation is 2. The number of hydrogen-bond acceptors (Lipinski definition) is 3. The molecule has 0 aliphatic rings. The van der Waals surface area contributed by atoms with Crippen molar-refractivity contribution in [3.63, 3.8) is 0 Å². The number of hydrogen-bond donors (Lipinski definition) is 0. The Morgan fingerprint density at radius 1 is 0.889 bits per heavy atom. The zero-order valence-electron chi connectivity index (χ0n) is 16.3. The Labute approximate surface area is 163 Å². The first-order valence-electron chi connectivity index (χ1n) is 9.00. The molecule has 0 unspecified atom stereocenters. The van der Waals surface area contributed by atoms with E-state index in [4.69, 9.17) is 0 Å². The lowest BCUT2D eigenvalue weighted by Crippen LogP contribution is -2.05. The fourth-order valence-corrected chi connectivity index (χ4v) is 6.38. The van der Waals surface area contributed by atoms with Gasteiger partial charge in [0.25, 0.3) is 10.0 Å². The van der Waals surface area contributed by atoms with Gasteiger partial charge in [-0.1, -0.05) is 58.1 Å². The van der Waals surface area contributed by atoms with Crippen molar-refractivity contribution in [2.45, 2.75) is 56.7 Å². The van der Waals surface area contributed by atoms with Gasteiger partial charge in [-0.25, -0.2) is 4.21 Å². The maximum absolute atomic E-state index is 13.7. The molecule has 2 aromatic rings. The van der Waals surface area contributed by atoms with Gasteiger partial charge in [-0.2, -0.15) is 8.42 Å². The van der Waals surface area contributed by atoms with E-state index in [1.807, 2.05) is 32.9 Å². The van der Waals surface area contributed by atoms with Gasteiger partial charge < -0.3 is 0 Å². The number of allylic oxidation sites excluding steroid dienone is 1. The van der Waals surface area contributed by atoms with Crippen LogP contribution in [0.25, 0.3) is 0 Å². The van der Waals surface area contributed by atoms with E-state index in [0.29, 0.717) is 4.90 Å². The van der Waals surface area contributed by atoms with Crippen LogP contribution < -0.4 is 0 Å². The summed E-state index contributed by atoms with van der Waals surface area (Å²) in [5, 5.41) is 1.53. The van der Waals surface area contributed by atoms with Crippen LogP contribution in [0.5, 0.6) is 0 Å². The van der Waals surface area contributed by atoms with Crippen LogP contribution in [0.4, 0.5) is 0 Å². The minimum atomic E-state index is -4.05. The summed E-state index contributed by atoms with van der Waals surface area (Å²) >= 11 is 0. The van der Waals surface area contributed by atoms with E-state index in [1.54, 1.807) is 24.3 Å². The summed E-state index contributed by atoms with van der Waals surface area (Å²) in [5.41, 5.74) is 2.84. The SMILES string of the molecule is CCCC/C(C)=C/[S@@](=O)(=NS(=O)(=O)c1ccc(C)cc1)c1ccc(C)cc1. The van der Waals surface area contributed by atoms with Crippen LogP contribution in [0.15, 0.2) is 73.1 Å². The van der Waals surface area contributed by atoms with Gasteiger partial charge in [-0.05, 0) is 57.9 Å². The molecule has 0 saturated heterocycles. The predicted octanol–water partition coefficient (Wildman–Crippen LogP) is 5.61. The Hall–Kier alpha value is -1.92. The first-order chi connectivity index (χ1) is 12.7. The van der Waals surface area contributed by atoms with Gasteiger partial charge in [0.15, 0.2) is 0 Å². The van der Waals surface area contributed by atoms with Gasteiger partial charge in [0.2, 0.25) is 0 Å². The Morgan fingerprint density at radius 3 is 1.85 bits per heavy atom. The smallest absolute Gasteiger partial charge is 0.239 e. The molecule has 0 bridgehead atoms. The first kappa shape index (κ1) is 21.4. The lowest BCUT2D eigenvalue weighted by Gasteiger charge is -2.09. The van der Waals surface area contributed by atoms with Gasteiger partial charge in [0, 0.05) is 5.41 Å². The monoisotopic (exact) mass is 405 g/mol. The summed E-state index contributed by atoms with van der Waals surface area (Å²) in [6.07, 6.45) is 2.73. The zero-order valence-corrected chi connectivity index (χ0v) is 17.9. The molecule has 0 aliphatic carbocycles. The molecule has 0 saturated carbocycles. The van der Waals surface area contributed by atoms with Gasteiger partial charge in [0.1, 0.15) is 9.73 Å². The molecule has 146 valence electrons. The Morgan fingerprint density at radius 2 is 1.37 bits per heavy atom. The number of unbranched alkanes of at least 4 members (excludes halogenated alkanes) is 1. The van der Waals surface area contributed by atoms with Gasteiger partial charge in [-0.3, -0.25) is 0 Å². The molecule has 2 aromatic carbocycles. The number of benzene rings is 2. The highest BCUT2D eigenvalue weighted by Gasteiger charge is 2.19. The van der Waals surface area contributed by atoms with Crippen LogP contribution in [0.3, 0.4) is 0 Å². The Kier molecular flexibility index (Phi) is 7.00. The quantitative estimate of drug-likeness (QED) is 0.601. The average molecular weight is 406 g/mol. The maximum atomic E-state index is 13.7. The molecule has 0 radical (unpaired) electrons. The van der Waals surface area contributed by atoms with Crippen LogP contribution in [-0.2, 0) is 19.8 Å². The average Bonchev–Trinajstić information content (AvgIpc) is 2.60. The molecule has 27 heavy (non-hydrogen) atoms. The largest absolute Gasteiger partial charge is 0.290 e. The molecule has 4 nitrogen and oxygen atoms in total. The first-order valence-corrected chi connectivity index (χ1v) is 12.0. The molecule has 0 aromatic heterocycles. The molecule has 6 heteroatoms. The maximum Gasteiger partial charge on any atom is 0.290 e. The van der Waals surface area contributed by atoms with Crippen LogP contribution in [0.2, 0.25) is 0 Å². The summed E-state index contributed by atoms with van der Waals surface area (Å²) < 4.78 is 43.3. The lowest BCUT2D eigenvalue weighted by molar-refractivity contribution is 0.598. The van der Waals surface area contributed by atoms with E-state index < -0.39 is 19.8 Å². The molecule has 0 aliphatic heterocycles. The third-order valence-electron chi connectivity index (χ3n) is 4.17. The van der Waals surface area contributed by atoms with Crippen molar-refractivity contribution in [2.75, 3.05) is 0 Å². The van der Waals surface area contributed by atoms with E-state index in [-0.39, 0.29) is 4.90 Å². The Balaban J connectivity index is 2.64. The summed E-state index contributed by atoms with van der Waals surface area (Å²) in [7, 11) is -7.31. The van der Waals surface area contributed by atoms with Crippen molar-refractivity contribution in [2.24, 2.45) is 3.77 Å². The molecule has 0 fully saturated rings. The molecule has 0 N–H and O–H groups in total. The van der Waals surface area contributed by atoms with Crippen LogP contribution in [0, 0.1) is 13.8 Å². The molecular formula is C21H27NO3S2. The van der Waals surface area contributed by atoms with Crippen LogP contribution >= 0.6 is 0 Å². The highest BCUT2D eigenvalue weighted by molar-refractivity contribution is 8.05. The molecule has 1 atom stereocenters. The third-order valence-corrected chi connectivity index (χ3v) is 8.38. The van der Waals surface area contributed by atoms with Crippen molar-refractivity contribution >= 4 is 19.8 Å². The van der Waals surface area contributed by atoms with Crippen molar-refractivity contribution in [3.05, 3.63) is 70.6 Å². The number of nitrogens with zero attached hydrogens (tertiary/aromatic N) is 1. The van der Waals surface area contributed by atoms with Crippen molar-refractivity contribution in [1.82, 2.24) is 0 Å². The van der Waals surface area contributed by atoms with Crippen LogP contribution in [-0.4, -0.2) is 12.6 Å². The van der Waals surface area contributed by atoms with Gasteiger partial charge in [0.05, 0.1) is 9.79 Å². The normalized spacial score (nSPS) is 14.6. The minimum Gasteiger partial charge on any atom is -0.239 e. The zero-order chi connectivity index (χ0) is 20.1. The number of rotatable bonds is 7. The van der Waals surface area contributed by atoms with E-state index in [9.17, 15) is 12.6 Å². The van der Waals surface area contributed by atoms with E-state index in [0.717, 1.165) is 36.0 Å². The second kappa shape index (κ2) is 8.85.